The van der Waals surface area contributed by atoms with Crippen LogP contribution in [0.5, 0.6) is 0 Å². The fourth-order valence-electron chi connectivity index (χ4n) is 2.97. The van der Waals surface area contributed by atoms with Gasteiger partial charge in [-0.1, -0.05) is 5.16 Å². The zero-order chi connectivity index (χ0) is 15.1. The Kier molecular flexibility index (Phi) is 3.03. The lowest BCUT2D eigenvalue weighted by Crippen LogP contribution is -2.12. The van der Waals surface area contributed by atoms with Crippen molar-refractivity contribution in [2.24, 2.45) is 0 Å². The quantitative estimate of drug-likeness (QED) is 0.786. The summed E-state index contributed by atoms with van der Waals surface area (Å²) in [5.74, 6) is 1.52. The molecular weight excluding hydrogens is 278 g/mol. The highest BCUT2D eigenvalue weighted by Crippen LogP contribution is 2.31. The summed E-state index contributed by atoms with van der Waals surface area (Å²) in [5.41, 5.74) is 5.55. The van der Waals surface area contributed by atoms with Crippen molar-refractivity contribution in [3.8, 4) is 11.5 Å². The number of nitrogens with one attached hydrogen (secondary N) is 1. The SMILES string of the molecule is Cc1ccnc(-c2noc(C3CCc4cn[nH]c4C3)n2)c1C. The van der Waals surface area contributed by atoms with Crippen molar-refractivity contribution < 1.29 is 4.52 Å². The van der Waals surface area contributed by atoms with E-state index in [0.717, 1.165) is 30.5 Å². The highest BCUT2D eigenvalue weighted by molar-refractivity contribution is 5.55. The first-order valence-electron chi connectivity index (χ1n) is 7.49. The first-order chi connectivity index (χ1) is 10.7. The molecule has 0 radical (unpaired) electrons. The average Bonchev–Trinajstić information content (AvgIpc) is 3.17. The molecule has 0 bridgehead atoms. The van der Waals surface area contributed by atoms with Gasteiger partial charge < -0.3 is 4.52 Å². The summed E-state index contributed by atoms with van der Waals surface area (Å²) in [5, 5.41) is 11.3. The lowest BCUT2D eigenvalue weighted by molar-refractivity contribution is 0.340. The van der Waals surface area contributed by atoms with Gasteiger partial charge in [0.05, 0.1) is 6.20 Å². The number of pyridine rings is 1. The number of fused-ring (bicyclic) bond motifs is 1. The number of aryl methyl sites for hydroxylation is 2. The molecule has 1 N–H and O–H groups in total. The number of nitrogens with zero attached hydrogens (tertiary/aromatic N) is 4. The highest BCUT2D eigenvalue weighted by Gasteiger charge is 2.26. The molecule has 4 rings (SSSR count). The Morgan fingerprint density at radius 2 is 2.23 bits per heavy atom. The van der Waals surface area contributed by atoms with E-state index >= 15 is 0 Å². The molecule has 6 nitrogen and oxygen atoms in total. The van der Waals surface area contributed by atoms with Crippen LogP contribution in [0, 0.1) is 13.8 Å². The maximum atomic E-state index is 5.51. The molecule has 0 saturated carbocycles. The Balaban J connectivity index is 1.64. The van der Waals surface area contributed by atoms with Gasteiger partial charge in [-0.3, -0.25) is 10.1 Å². The van der Waals surface area contributed by atoms with Crippen LogP contribution in [0.2, 0.25) is 0 Å². The Labute approximate surface area is 128 Å². The van der Waals surface area contributed by atoms with Crippen molar-refractivity contribution in [3.05, 3.63) is 46.7 Å². The minimum Gasteiger partial charge on any atom is -0.339 e. The van der Waals surface area contributed by atoms with Crippen LogP contribution < -0.4 is 0 Å². The molecule has 0 saturated heterocycles. The number of rotatable bonds is 2. The molecule has 1 aliphatic rings. The Hall–Kier alpha value is -2.50. The monoisotopic (exact) mass is 295 g/mol. The molecule has 6 heteroatoms. The summed E-state index contributed by atoms with van der Waals surface area (Å²) >= 11 is 0. The van der Waals surface area contributed by atoms with E-state index in [0.29, 0.717) is 11.7 Å². The molecule has 0 spiro atoms. The van der Waals surface area contributed by atoms with Crippen LogP contribution in [0.25, 0.3) is 11.5 Å². The van der Waals surface area contributed by atoms with Gasteiger partial charge in [0.1, 0.15) is 5.69 Å². The van der Waals surface area contributed by atoms with Crippen LogP contribution in [0.15, 0.2) is 23.0 Å². The fraction of sp³-hybridized carbons (Fsp3) is 0.375. The van der Waals surface area contributed by atoms with Gasteiger partial charge in [-0.25, -0.2) is 0 Å². The van der Waals surface area contributed by atoms with E-state index in [2.05, 4.69) is 32.2 Å². The molecule has 3 aromatic heterocycles. The van der Waals surface area contributed by atoms with Gasteiger partial charge in [-0.05, 0) is 49.4 Å². The molecule has 112 valence electrons. The maximum absolute atomic E-state index is 5.51. The summed E-state index contributed by atoms with van der Waals surface area (Å²) in [4.78, 5) is 8.98. The minimum absolute atomic E-state index is 0.249. The molecule has 3 heterocycles. The van der Waals surface area contributed by atoms with Gasteiger partial charge in [0.2, 0.25) is 11.7 Å². The Morgan fingerprint density at radius 3 is 3.14 bits per heavy atom. The molecular formula is C16H17N5O. The van der Waals surface area contributed by atoms with E-state index in [1.807, 2.05) is 19.2 Å². The van der Waals surface area contributed by atoms with Crippen LogP contribution in [-0.4, -0.2) is 25.3 Å². The van der Waals surface area contributed by atoms with Crippen LogP contribution in [0.1, 0.15) is 40.6 Å². The van der Waals surface area contributed by atoms with Gasteiger partial charge in [-0.2, -0.15) is 10.1 Å². The van der Waals surface area contributed by atoms with E-state index in [-0.39, 0.29) is 5.92 Å². The zero-order valence-electron chi connectivity index (χ0n) is 12.6. The van der Waals surface area contributed by atoms with Crippen molar-refractivity contribution in [1.29, 1.82) is 0 Å². The van der Waals surface area contributed by atoms with E-state index in [4.69, 9.17) is 4.52 Å². The average molecular weight is 295 g/mol. The van der Waals surface area contributed by atoms with E-state index in [1.54, 1.807) is 6.20 Å². The topological polar surface area (TPSA) is 80.5 Å². The van der Waals surface area contributed by atoms with Crippen LogP contribution in [0.3, 0.4) is 0 Å². The van der Waals surface area contributed by atoms with Gasteiger partial charge in [0, 0.05) is 24.2 Å². The molecule has 0 aromatic carbocycles. The van der Waals surface area contributed by atoms with Crippen LogP contribution in [-0.2, 0) is 12.8 Å². The number of hydrogen-bond acceptors (Lipinski definition) is 5. The van der Waals surface area contributed by atoms with Gasteiger partial charge in [0.15, 0.2) is 0 Å². The highest BCUT2D eigenvalue weighted by atomic mass is 16.5. The van der Waals surface area contributed by atoms with E-state index < -0.39 is 0 Å². The van der Waals surface area contributed by atoms with Crippen molar-refractivity contribution in [3.63, 3.8) is 0 Å². The molecule has 0 fully saturated rings. The normalized spacial score (nSPS) is 17.5. The van der Waals surface area contributed by atoms with Gasteiger partial charge >= 0.3 is 0 Å². The summed E-state index contributed by atoms with van der Waals surface area (Å²) in [6.07, 6.45) is 6.57. The number of H-pyrrole nitrogens is 1. The maximum Gasteiger partial charge on any atom is 0.230 e. The third kappa shape index (κ3) is 2.11. The molecule has 3 aromatic rings. The number of hydrogen-bond donors (Lipinski definition) is 1. The lowest BCUT2D eigenvalue weighted by Gasteiger charge is -2.17. The largest absolute Gasteiger partial charge is 0.339 e. The van der Waals surface area contributed by atoms with Crippen LogP contribution >= 0.6 is 0 Å². The molecule has 0 aliphatic heterocycles. The molecule has 1 atom stereocenters. The third-order valence-electron chi connectivity index (χ3n) is 4.50. The summed E-state index contributed by atoms with van der Waals surface area (Å²) in [6.45, 7) is 4.09. The van der Waals surface area contributed by atoms with E-state index in [9.17, 15) is 0 Å². The van der Waals surface area contributed by atoms with Gasteiger partial charge in [0.25, 0.3) is 0 Å². The van der Waals surface area contributed by atoms with Crippen molar-refractivity contribution in [2.75, 3.05) is 0 Å². The van der Waals surface area contributed by atoms with Crippen LogP contribution in [0.4, 0.5) is 0 Å². The molecule has 0 amide bonds. The van der Waals surface area contributed by atoms with Gasteiger partial charge in [-0.15, -0.1) is 0 Å². The van der Waals surface area contributed by atoms with Crippen molar-refractivity contribution >= 4 is 0 Å². The van der Waals surface area contributed by atoms with Crippen molar-refractivity contribution in [2.45, 2.75) is 39.0 Å². The number of aromatic nitrogens is 5. The summed E-state index contributed by atoms with van der Waals surface area (Å²) < 4.78 is 5.51. The smallest absolute Gasteiger partial charge is 0.230 e. The molecule has 1 unspecified atom stereocenters. The number of aromatic amines is 1. The predicted molar refractivity (Wildman–Crippen MR) is 80.4 cm³/mol. The predicted octanol–water partition coefficient (Wildman–Crippen LogP) is 2.74. The first kappa shape index (κ1) is 13.2. The summed E-state index contributed by atoms with van der Waals surface area (Å²) in [6, 6.07) is 1.99. The zero-order valence-corrected chi connectivity index (χ0v) is 12.6. The molecule has 1 aliphatic carbocycles. The first-order valence-corrected chi connectivity index (χ1v) is 7.49. The molecule has 22 heavy (non-hydrogen) atoms. The second kappa shape index (κ2) is 5.05. The Morgan fingerprint density at radius 1 is 1.32 bits per heavy atom. The third-order valence-corrected chi connectivity index (χ3v) is 4.50. The van der Waals surface area contributed by atoms with Crippen molar-refractivity contribution in [1.82, 2.24) is 25.3 Å². The summed E-state index contributed by atoms with van der Waals surface area (Å²) in [7, 11) is 0. The second-order valence-electron chi connectivity index (χ2n) is 5.87. The van der Waals surface area contributed by atoms with E-state index in [1.165, 1.54) is 16.8 Å². The minimum atomic E-state index is 0.249. The fourth-order valence-corrected chi connectivity index (χ4v) is 2.97. The standard InChI is InChI=1S/C16H17N5O/c1-9-5-6-17-14(10(9)2)15-19-16(22-21-15)11-3-4-12-8-18-20-13(12)7-11/h5-6,8,11H,3-4,7H2,1-2H3,(H,18,20). The lowest BCUT2D eigenvalue weighted by atomic mass is 9.88. The second-order valence-corrected chi connectivity index (χ2v) is 5.87. The Bertz CT molecular complexity index is 820.